The first-order chi connectivity index (χ1) is 62.3. The minimum absolute atomic E-state index is 0.0292. The van der Waals surface area contributed by atoms with Gasteiger partial charge in [0.2, 0.25) is 19.0 Å². The third-order valence-corrected chi connectivity index (χ3v) is 29.2. The Morgan fingerprint density at radius 2 is 0.721 bits per heavy atom. The van der Waals surface area contributed by atoms with Crippen LogP contribution in [0.25, 0.3) is 64.1 Å². The van der Waals surface area contributed by atoms with Crippen LogP contribution in [-0.4, -0.2) is 214 Å². The van der Waals surface area contributed by atoms with Crippen LogP contribution in [0.4, 0.5) is 35.7 Å². The largest absolute Gasteiger partial charge is 0.436 e. The fourth-order valence-electron chi connectivity index (χ4n) is 13.5. The Labute approximate surface area is 737 Å². The predicted octanol–water partition coefficient (Wildman–Crippen LogP) is 7.04. The van der Waals surface area contributed by atoms with Crippen molar-refractivity contribution in [2.75, 3.05) is 49.9 Å². The molecule has 0 aliphatic carbocycles. The molecule has 12 heterocycles. The number of nitrogens with one attached hydrogen (secondary N) is 7. The van der Waals surface area contributed by atoms with Gasteiger partial charge in [0.15, 0.2) is 51.5 Å². The van der Waals surface area contributed by atoms with Crippen LogP contribution in [0.2, 0.25) is 0 Å². The first-order valence-corrected chi connectivity index (χ1v) is 45.2. The van der Waals surface area contributed by atoms with Crippen molar-refractivity contribution in [1.82, 2.24) is 118 Å². The van der Waals surface area contributed by atoms with Crippen molar-refractivity contribution in [1.29, 1.82) is 0 Å². The van der Waals surface area contributed by atoms with Gasteiger partial charge in [0, 0.05) is 0 Å². The van der Waals surface area contributed by atoms with E-state index >= 15 is 0 Å². The number of thiazole rings is 3. The van der Waals surface area contributed by atoms with Crippen LogP contribution in [-0.2, 0) is 73.6 Å². The average molecular weight is 1860 g/mol. The Morgan fingerprint density at radius 1 is 0.380 bits per heavy atom. The molecule has 654 valence electrons. The van der Waals surface area contributed by atoms with Crippen LogP contribution in [0.15, 0.2) is 248 Å². The van der Waals surface area contributed by atoms with Crippen molar-refractivity contribution < 1.29 is 73.1 Å². The molecule has 0 saturated carbocycles. The molecule has 0 bridgehead atoms. The molecule has 0 radical (unpaired) electrons. The number of para-hydroxylation sites is 3. The maximum absolute atomic E-state index is 13.2. The number of urea groups is 3. The molecule has 3 fully saturated rings. The minimum Gasteiger partial charge on any atom is -0.436 e. The normalized spacial score (nSPS) is 13.9. The number of hydrogen-bond acceptors (Lipinski definition) is 31. The maximum atomic E-state index is 13.2. The van der Waals surface area contributed by atoms with Gasteiger partial charge in [-0.2, -0.15) is 30.2 Å². The number of amides is 11. The fourth-order valence-corrected chi connectivity index (χ4v) is 21.4. The molecular weight excluding hydrogens is 1790 g/mol. The minimum atomic E-state index is -4.28. The molecule has 3 aliphatic heterocycles. The standard InChI is InChI=1S/C31H25N9O7S2.C31H25N9O6S2.C17H14N8O5S2/c41-23(39-15-16-40(29(43)37-39)49(45,46)31-33-21-13-7-8-14-22(21)48-31)17-38-18-32-24-26(38)34-28(35-27(24)42)36-30(44)47-25(19-9-3-1-4-10-19)20-11-5-2-6-12-20;41-24(39-15-16-40(29(42)37-39)48(44,45)31-35-22-13-7-8-14-23(22)47-31)17-38-19-34-25-27(32-18-33-28(25)38)36-30(43)46-26(20-9-3-1-4-10-20)21-11-5-2-6-12-21;26-12(7-23-9-20-13-14(23)18-8-19-15(13)27)24-5-6-25(16(28)22-24)32(29,30)17-21-10-3-1-2-4-11(10)31-17/h1-14,18,25H,15-17H2,(H,37,43)(H2,34,35,36,42,44);1-14,18-19,26H,15-17H2,(H,37,42)(H,32,33,36,43);1-4,8-9H,5-7H2,(H,22,28)(H,18,19,27). The molecule has 0 spiro atoms. The zero-order valence-electron chi connectivity index (χ0n) is 66.2. The van der Waals surface area contributed by atoms with E-state index in [1.807, 2.05) is 121 Å². The lowest BCUT2D eigenvalue weighted by atomic mass is 10.0. The number of anilines is 2. The number of benzene rings is 7. The number of fused-ring (bicyclic) bond motifs is 6. The Bertz CT molecular complexity index is 7390. The van der Waals surface area contributed by atoms with E-state index in [9.17, 15) is 73.2 Å². The number of carbonyl (C=O) groups is 8. The number of ether oxygens (including phenoxy) is 2. The summed E-state index contributed by atoms with van der Waals surface area (Å²) in [4.78, 5) is 174. The van der Waals surface area contributed by atoms with E-state index in [0.29, 0.717) is 43.6 Å². The Balaban J connectivity index is 0.000000139. The van der Waals surface area contributed by atoms with E-state index in [0.717, 1.165) is 71.3 Å². The first-order valence-electron chi connectivity index (χ1n) is 38.4. The molecule has 11 amide bonds. The average Bonchev–Trinajstić information content (AvgIpc) is 1.62. The summed E-state index contributed by atoms with van der Waals surface area (Å²) in [5, 5.41) is 8.08. The molecule has 0 unspecified atom stereocenters. The number of nitrogens with zero attached hydrogens (tertiary/aromatic N) is 19. The number of imidazole rings is 3. The second kappa shape index (κ2) is 36.0. The van der Waals surface area contributed by atoms with Gasteiger partial charge < -0.3 is 28.2 Å². The summed E-state index contributed by atoms with van der Waals surface area (Å²) in [5.74, 6) is -1.91. The van der Waals surface area contributed by atoms with Gasteiger partial charge in [-0.1, -0.05) is 158 Å². The maximum Gasteiger partial charge on any atom is 0.414 e. The number of carbonyl (C=O) groups excluding carboxylic acids is 8. The molecule has 7 N–H and O–H groups in total. The summed E-state index contributed by atoms with van der Waals surface area (Å²) in [6.45, 7) is -2.16. The first kappa shape index (κ1) is 85.2. The molecule has 16 aromatic rings. The molecule has 129 heavy (non-hydrogen) atoms. The number of hydrazine groups is 3. The topological polar surface area (TPSA) is 546 Å². The second-order valence-corrected chi connectivity index (χ2v) is 37.1. The lowest BCUT2D eigenvalue weighted by Gasteiger charge is -2.33. The van der Waals surface area contributed by atoms with Gasteiger partial charge in [-0.3, -0.25) is 39.6 Å². The van der Waals surface area contributed by atoms with Crippen LogP contribution < -0.4 is 38.0 Å². The van der Waals surface area contributed by atoms with Crippen LogP contribution in [0.1, 0.15) is 34.5 Å². The van der Waals surface area contributed by atoms with Crippen LogP contribution in [0.3, 0.4) is 0 Å². The summed E-state index contributed by atoms with van der Waals surface area (Å²) in [7, 11) is -12.7. The molecular formula is C79H64N26O18S6. The number of aromatic amines is 2. The van der Waals surface area contributed by atoms with E-state index in [2.05, 4.69) is 86.7 Å². The van der Waals surface area contributed by atoms with Crippen molar-refractivity contribution >= 4 is 188 Å². The van der Waals surface area contributed by atoms with E-state index in [1.54, 1.807) is 72.8 Å². The summed E-state index contributed by atoms with van der Waals surface area (Å²) in [6.07, 6.45) is 3.13. The van der Waals surface area contributed by atoms with Crippen molar-refractivity contribution in [2.24, 2.45) is 0 Å². The molecule has 9 aromatic heterocycles. The Morgan fingerprint density at radius 3 is 1.10 bits per heavy atom. The predicted molar refractivity (Wildman–Crippen MR) is 463 cm³/mol. The molecule has 44 nitrogen and oxygen atoms in total. The highest BCUT2D eigenvalue weighted by Gasteiger charge is 2.42. The SMILES string of the molecule is O=C(Cn1cnc2c(=O)[nH]cnc21)N1CCN(S(=O)(=O)c2nc3ccccc3s2)C(=O)N1.O=C(Nc1nc2c(ncn2CC(=O)N2CCN(S(=O)(=O)c3nc4ccccc4s3)C(=O)N2)c(=O)[nH]1)OC(c1ccccc1)c1ccccc1.O=C(Nc1ncnc2c1ncn2CC(=O)N1CCN(S(=O)(=O)c2nc3ccccc3s2)C(=O)N1)OC(c1ccccc1)c1ccccc1. The Kier molecular flexibility index (Phi) is 23.8. The highest BCUT2D eigenvalue weighted by atomic mass is 32.3. The second-order valence-electron chi connectivity index (χ2n) is 27.9. The fraction of sp³-hybridized carbons (Fsp3) is 0.139. The molecule has 19 rings (SSSR count). The summed E-state index contributed by atoms with van der Waals surface area (Å²) >= 11 is 2.86. The number of rotatable bonds is 20. The van der Waals surface area contributed by atoms with Gasteiger partial charge in [-0.15, -0.1) is 34.0 Å². The van der Waals surface area contributed by atoms with Crippen molar-refractivity contribution in [3.05, 3.63) is 269 Å². The number of sulfonamides is 3. The summed E-state index contributed by atoms with van der Waals surface area (Å²) < 4.78 is 97.6. The van der Waals surface area contributed by atoms with E-state index in [1.165, 1.54) is 45.3 Å². The zero-order chi connectivity index (χ0) is 89.8. The highest BCUT2D eigenvalue weighted by Crippen LogP contribution is 2.34. The quantitative estimate of drug-likeness (QED) is 0.0402. The molecule has 3 saturated heterocycles. The third kappa shape index (κ3) is 17.9. The van der Waals surface area contributed by atoms with Crippen molar-refractivity contribution in [2.45, 2.75) is 44.9 Å². The van der Waals surface area contributed by atoms with E-state index in [4.69, 9.17) is 9.47 Å². The van der Waals surface area contributed by atoms with Gasteiger partial charge >= 0.3 is 30.3 Å². The van der Waals surface area contributed by atoms with Gasteiger partial charge in [0.25, 0.3) is 58.9 Å². The van der Waals surface area contributed by atoms with Crippen LogP contribution in [0.5, 0.6) is 0 Å². The van der Waals surface area contributed by atoms with Crippen LogP contribution >= 0.6 is 34.0 Å². The molecule has 0 atom stereocenters. The van der Waals surface area contributed by atoms with Gasteiger partial charge in [-0.25, -0.2) is 113 Å². The number of aromatic nitrogens is 15. The number of hydrogen-bond donors (Lipinski definition) is 7. The van der Waals surface area contributed by atoms with Crippen LogP contribution in [0, 0.1) is 0 Å². The zero-order valence-corrected chi connectivity index (χ0v) is 71.1. The van der Waals surface area contributed by atoms with Gasteiger partial charge in [-0.05, 0) is 58.7 Å². The smallest absolute Gasteiger partial charge is 0.414 e. The van der Waals surface area contributed by atoms with Crippen molar-refractivity contribution in [3.8, 4) is 0 Å². The highest BCUT2D eigenvalue weighted by molar-refractivity contribution is 7.92. The molecule has 3 aliphatic rings. The van der Waals surface area contributed by atoms with E-state index < -0.39 is 108 Å². The monoisotopic (exact) mass is 1860 g/mol. The van der Waals surface area contributed by atoms with Gasteiger partial charge in [0.05, 0.1) is 95.2 Å². The summed E-state index contributed by atoms with van der Waals surface area (Å²) in [5.41, 5.74) is 10.9. The van der Waals surface area contributed by atoms with Crippen molar-refractivity contribution in [3.63, 3.8) is 0 Å². The van der Waals surface area contributed by atoms with Gasteiger partial charge in [0.1, 0.15) is 26.0 Å². The Hall–Kier alpha value is -15.9. The molecule has 50 heteroatoms. The lowest BCUT2D eigenvalue weighted by Crippen LogP contribution is -2.61. The summed E-state index contributed by atoms with van der Waals surface area (Å²) in [6, 6.07) is 54.6. The number of H-pyrrole nitrogens is 2. The van der Waals surface area contributed by atoms with E-state index in [-0.39, 0.29) is 111 Å². The lowest BCUT2D eigenvalue weighted by molar-refractivity contribution is -0.135. The molecule has 7 aromatic carbocycles. The third-order valence-electron chi connectivity index (χ3n) is 19.7.